The number of esters is 1. The van der Waals surface area contributed by atoms with E-state index < -0.39 is 0 Å². The molecule has 2 aliphatic rings. The monoisotopic (exact) mass is 210 g/mol. The largest absolute Gasteiger partial charge is 0.500 e. The van der Waals surface area contributed by atoms with Crippen LogP contribution >= 0.6 is 0 Å². The van der Waals surface area contributed by atoms with Crippen molar-refractivity contribution in [2.45, 2.75) is 6.42 Å². The highest BCUT2D eigenvalue weighted by atomic mass is 16.5. The standard InChI is InChI=1S/C11H14O4/c1-14-11(13)10-6-15-5-9-7(4-12)2-3-8(9)10/h2,6,8-9,12H,3-5H2,1H3. The van der Waals surface area contributed by atoms with Crippen LogP contribution in [-0.2, 0) is 14.3 Å². The van der Waals surface area contributed by atoms with Crippen LogP contribution in [0.2, 0.25) is 0 Å². The minimum absolute atomic E-state index is 0.0407. The molecule has 4 nitrogen and oxygen atoms in total. The summed E-state index contributed by atoms with van der Waals surface area (Å²) in [5.41, 5.74) is 1.54. The molecule has 0 amide bonds. The molecule has 0 aromatic carbocycles. The molecule has 0 saturated heterocycles. The predicted molar refractivity (Wildman–Crippen MR) is 52.8 cm³/mol. The number of aliphatic hydroxyl groups excluding tert-OH is 1. The number of carbonyl (C=O) groups is 1. The first-order chi connectivity index (χ1) is 7.27. The van der Waals surface area contributed by atoms with E-state index >= 15 is 0 Å². The third-order valence-electron chi connectivity index (χ3n) is 3.09. The van der Waals surface area contributed by atoms with E-state index in [0.29, 0.717) is 12.2 Å². The molecule has 0 fully saturated rings. The molecule has 1 N–H and O–H groups in total. The SMILES string of the molecule is COC(=O)C1=COCC2C(CO)=CCC12. The van der Waals surface area contributed by atoms with Crippen LogP contribution < -0.4 is 0 Å². The first-order valence-electron chi connectivity index (χ1n) is 4.97. The lowest BCUT2D eigenvalue weighted by Crippen LogP contribution is -2.28. The Labute approximate surface area is 88.2 Å². The van der Waals surface area contributed by atoms with E-state index in [1.807, 2.05) is 6.08 Å². The van der Waals surface area contributed by atoms with Crippen LogP contribution in [0.5, 0.6) is 0 Å². The van der Waals surface area contributed by atoms with Gasteiger partial charge < -0.3 is 14.6 Å². The molecule has 82 valence electrons. The minimum Gasteiger partial charge on any atom is -0.500 e. The highest BCUT2D eigenvalue weighted by molar-refractivity contribution is 5.89. The molecule has 0 spiro atoms. The number of methoxy groups -OCH3 is 1. The van der Waals surface area contributed by atoms with Gasteiger partial charge in [-0.1, -0.05) is 6.08 Å². The molecule has 2 rings (SSSR count). The van der Waals surface area contributed by atoms with Gasteiger partial charge in [-0.05, 0) is 12.0 Å². The zero-order chi connectivity index (χ0) is 10.8. The molecule has 0 aromatic heterocycles. The zero-order valence-corrected chi connectivity index (χ0v) is 8.60. The van der Waals surface area contributed by atoms with Crippen molar-refractivity contribution in [3.63, 3.8) is 0 Å². The summed E-state index contributed by atoms with van der Waals surface area (Å²) in [4.78, 5) is 11.4. The van der Waals surface area contributed by atoms with E-state index in [1.165, 1.54) is 13.4 Å². The average molecular weight is 210 g/mol. The van der Waals surface area contributed by atoms with Crippen molar-refractivity contribution >= 4 is 5.97 Å². The van der Waals surface area contributed by atoms with Crippen LogP contribution in [-0.4, -0.2) is 31.4 Å². The predicted octanol–water partition coefficient (Wildman–Crippen LogP) is 0.628. The van der Waals surface area contributed by atoms with Crippen LogP contribution in [0, 0.1) is 11.8 Å². The quantitative estimate of drug-likeness (QED) is 0.536. The number of aliphatic hydroxyl groups is 1. The van der Waals surface area contributed by atoms with E-state index in [0.717, 1.165) is 12.0 Å². The fourth-order valence-electron chi connectivity index (χ4n) is 2.25. The highest BCUT2D eigenvalue weighted by Crippen LogP contribution is 2.39. The van der Waals surface area contributed by atoms with Gasteiger partial charge in [0.25, 0.3) is 0 Å². The maximum atomic E-state index is 11.4. The molecule has 0 radical (unpaired) electrons. The Balaban J connectivity index is 2.18. The molecule has 2 atom stereocenters. The molecule has 1 aliphatic heterocycles. The Kier molecular flexibility index (Phi) is 2.77. The van der Waals surface area contributed by atoms with Crippen LogP contribution in [0.25, 0.3) is 0 Å². The van der Waals surface area contributed by atoms with E-state index in [9.17, 15) is 4.79 Å². The Morgan fingerprint density at radius 3 is 3.13 bits per heavy atom. The average Bonchev–Trinajstić information content (AvgIpc) is 2.70. The van der Waals surface area contributed by atoms with E-state index in [-0.39, 0.29) is 24.4 Å². The van der Waals surface area contributed by atoms with Crippen LogP contribution in [0.1, 0.15) is 6.42 Å². The maximum Gasteiger partial charge on any atom is 0.337 e. The first kappa shape index (κ1) is 10.2. The number of ether oxygens (including phenoxy) is 2. The maximum absolute atomic E-state index is 11.4. The molecule has 0 saturated carbocycles. The number of hydrogen-bond acceptors (Lipinski definition) is 4. The number of carbonyl (C=O) groups excluding carboxylic acids is 1. The van der Waals surface area contributed by atoms with Gasteiger partial charge in [-0.15, -0.1) is 0 Å². The van der Waals surface area contributed by atoms with Crippen molar-refractivity contribution in [2.24, 2.45) is 11.8 Å². The van der Waals surface area contributed by atoms with E-state index in [4.69, 9.17) is 14.6 Å². The van der Waals surface area contributed by atoms with Crippen molar-refractivity contribution < 1.29 is 19.4 Å². The van der Waals surface area contributed by atoms with Gasteiger partial charge in [0.1, 0.15) is 0 Å². The lowest BCUT2D eigenvalue weighted by molar-refractivity contribution is -0.137. The van der Waals surface area contributed by atoms with Gasteiger partial charge in [-0.3, -0.25) is 0 Å². The summed E-state index contributed by atoms with van der Waals surface area (Å²) >= 11 is 0. The molecule has 4 heteroatoms. The fraction of sp³-hybridized carbons (Fsp3) is 0.545. The Bertz CT molecular complexity index is 329. The molecule has 0 bridgehead atoms. The topological polar surface area (TPSA) is 55.8 Å². The van der Waals surface area contributed by atoms with Crippen LogP contribution in [0.4, 0.5) is 0 Å². The summed E-state index contributed by atoms with van der Waals surface area (Å²) in [5, 5.41) is 9.13. The zero-order valence-electron chi connectivity index (χ0n) is 8.60. The van der Waals surface area contributed by atoms with Gasteiger partial charge in [0, 0.05) is 11.8 Å². The minimum atomic E-state index is -0.336. The second-order valence-electron chi connectivity index (χ2n) is 3.78. The van der Waals surface area contributed by atoms with Crippen molar-refractivity contribution in [1.82, 2.24) is 0 Å². The summed E-state index contributed by atoms with van der Waals surface area (Å²) in [6, 6.07) is 0. The number of hydrogen-bond donors (Lipinski definition) is 1. The summed E-state index contributed by atoms with van der Waals surface area (Å²) < 4.78 is 9.93. The highest BCUT2D eigenvalue weighted by Gasteiger charge is 2.38. The number of fused-ring (bicyclic) bond motifs is 1. The molecule has 2 unspecified atom stereocenters. The molecular weight excluding hydrogens is 196 g/mol. The summed E-state index contributed by atoms with van der Waals surface area (Å²) in [7, 11) is 1.36. The first-order valence-corrected chi connectivity index (χ1v) is 4.97. The van der Waals surface area contributed by atoms with E-state index in [1.54, 1.807) is 0 Å². The van der Waals surface area contributed by atoms with Crippen molar-refractivity contribution in [2.75, 3.05) is 20.3 Å². The molecule has 1 heterocycles. The lowest BCUT2D eigenvalue weighted by Gasteiger charge is -2.27. The van der Waals surface area contributed by atoms with Crippen molar-refractivity contribution in [1.29, 1.82) is 0 Å². The molecule has 1 aliphatic carbocycles. The second-order valence-corrected chi connectivity index (χ2v) is 3.78. The van der Waals surface area contributed by atoms with Crippen LogP contribution in [0.3, 0.4) is 0 Å². The van der Waals surface area contributed by atoms with E-state index in [2.05, 4.69) is 0 Å². The summed E-state index contributed by atoms with van der Waals surface area (Å²) in [5.74, 6) is -0.0836. The lowest BCUT2D eigenvalue weighted by atomic mass is 9.85. The molecular formula is C11H14O4. The summed E-state index contributed by atoms with van der Waals surface area (Å²) in [6.07, 6.45) is 4.26. The Morgan fingerprint density at radius 2 is 2.47 bits per heavy atom. The van der Waals surface area contributed by atoms with Gasteiger partial charge in [0.05, 0.1) is 32.2 Å². The Morgan fingerprint density at radius 1 is 1.67 bits per heavy atom. The van der Waals surface area contributed by atoms with Gasteiger partial charge in [-0.25, -0.2) is 4.79 Å². The van der Waals surface area contributed by atoms with Gasteiger partial charge in [0.15, 0.2) is 0 Å². The van der Waals surface area contributed by atoms with Crippen molar-refractivity contribution in [3.8, 4) is 0 Å². The fourth-order valence-corrected chi connectivity index (χ4v) is 2.25. The number of allylic oxidation sites excluding steroid dienone is 1. The van der Waals surface area contributed by atoms with Crippen LogP contribution in [0.15, 0.2) is 23.5 Å². The van der Waals surface area contributed by atoms with Crippen molar-refractivity contribution in [3.05, 3.63) is 23.5 Å². The second kappa shape index (κ2) is 4.06. The number of rotatable bonds is 2. The van der Waals surface area contributed by atoms with Gasteiger partial charge in [-0.2, -0.15) is 0 Å². The normalized spacial score (nSPS) is 28.7. The third-order valence-corrected chi connectivity index (χ3v) is 3.09. The van der Waals surface area contributed by atoms with Gasteiger partial charge >= 0.3 is 5.97 Å². The molecule has 0 aromatic rings. The summed E-state index contributed by atoms with van der Waals surface area (Å²) in [6.45, 7) is 0.580. The third kappa shape index (κ3) is 1.65. The smallest absolute Gasteiger partial charge is 0.337 e. The molecule has 15 heavy (non-hydrogen) atoms. The van der Waals surface area contributed by atoms with Gasteiger partial charge in [0.2, 0.25) is 0 Å². The Hall–Kier alpha value is -1.29.